The Labute approximate surface area is 170 Å². The van der Waals surface area contributed by atoms with Crippen LogP contribution in [-0.2, 0) is 15.1 Å². The van der Waals surface area contributed by atoms with Crippen molar-refractivity contribution in [3.8, 4) is 11.3 Å². The topological polar surface area (TPSA) is 59.8 Å². The lowest BCUT2D eigenvalue weighted by Crippen LogP contribution is -2.51. The van der Waals surface area contributed by atoms with Gasteiger partial charge >= 0.3 is 5.97 Å². The van der Waals surface area contributed by atoms with Crippen molar-refractivity contribution in [1.29, 1.82) is 0 Å². The fourth-order valence-electron chi connectivity index (χ4n) is 3.54. The van der Waals surface area contributed by atoms with E-state index in [0.717, 1.165) is 22.5 Å². The molecule has 0 saturated heterocycles. The highest BCUT2D eigenvalue weighted by Gasteiger charge is 2.43. The maximum atomic E-state index is 13.2. The molecular formula is C24H25NO4. The minimum Gasteiger partial charge on any atom is -0.467 e. The average Bonchev–Trinajstić information content (AvgIpc) is 3.25. The Morgan fingerprint density at radius 3 is 2.14 bits per heavy atom. The van der Waals surface area contributed by atoms with Gasteiger partial charge in [-0.25, -0.2) is 4.79 Å². The summed E-state index contributed by atoms with van der Waals surface area (Å²) in [7, 11) is 2.95. The first kappa shape index (κ1) is 20.4. The molecule has 150 valence electrons. The van der Waals surface area contributed by atoms with Crippen molar-refractivity contribution in [3.05, 3.63) is 83.1 Å². The minimum atomic E-state index is -1.29. The summed E-state index contributed by atoms with van der Waals surface area (Å²) in [5.74, 6) is -0.0285. The van der Waals surface area contributed by atoms with Crippen molar-refractivity contribution in [2.24, 2.45) is 0 Å². The number of methoxy groups -OCH3 is 1. The number of aryl methyl sites for hydroxylation is 2. The first-order valence-corrected chi connectivity index (χ1v) is 9.36. The largest absolute Gasteiger partial charge is 0.467 e. The molecule has 5 heteroatoms. The molecule has 0 radical (unpaired) electrons. The summed E-state index contributed by atoms with van der Waals surface area (Å²) < 4.78 is 10.5. The Hall–Kier alpha value is -3.34. The van der Waals surface area contributed by atoms with E-state index in [1.165, 1.54) is 12.0 Å². The van der Waals surface area contributed by atoms with Crippen molar-refractivity contribution in [3.63, 3.8) is 0 Å². The summed E-state index contributed by atoms with van der Waals surface area (Å²) in [6.45, 7) is 5.58. The maximum absolute atomic E-state index is 13.2. The standard InChI is InChI=1S/C24H25NO4/c1-16-13-17(2)15-19(14-16)22(26)25(4)24(3,23(27)28-5)20-10-8-18(9-11-20)21-7-6-12-29-21/h6-15H,1-5H3/t24-/m1/s1. The predicted octanol–water partition coefficient (Wildman–Crippen LogP) is 4.72. The number of ether oxygens (including phenoxy) is 1. The van der Waals surface area contributed by atoms with Crippen LogP contribution in [0.25, 0.3) is 11.3 Å². The number of furan rings is 1. The molecule has 3 rings (SSSR count). The lowest BCUT2D eigenvalue weighted by Gasteiger charge is -2.37. The zero-order valence-electron chi connectivity index (χ0n) is 17.4. The Balaban J connectivity index is 2.01. The molecule has 0 aliphatic heterocycles. The number of likely N-dealkylation sites (N-methyl/N-ethyl adjacent to an activating group) is 1. The average molecular weight is 391 g/mol. The van der Waals surface area contributed by atoms with Crippen molar-refractivity contribution in [2.75, 3.05) is 14.2 Å². The summed E-state index contributed by atoms with van der Waals surface area (Å²) in [4.78, 5) is 27.5. The van der Waals surface area contributed by atoms with E-state index in [1.807, 2.05) is 68.4 Å². The van der Waals surface area contributed by atoms with Gasteiger partial charge in [0.1, 0.15) is 5.76 Å². The van der Waals surface area contributed by atoms with Crippen molar-refractivity contribution in [2.45, 2.75) is 26.3 Å². The van der Waals surface area contributed by atoms with E-state index in [4.69, 9.17) is 9.15 Å². The zero-order chi connectivity index (χ0) is 21.2. The van der Waals surface area contributed by atoms with Gasteiger partial charge in [0.05, 0.1) is 13.4 Å². The van der Waals surface area contributed by atoms with Gasteiger partial charge in [-0.3, -0.25) is 4.79 Å². The first-order chi connectivity index (χ1) is 13.8. The smallest absolute Gasteiger partial charge is 0.336 e. The Bertz CT molecular complexity index is 1000. The number of rotatable bonds is 5. The highest BCUT2D eigenvalue weighted by atomic mass is 16.5. The fourth-order valence-corrected chi connectivity index (χ4v) is 3.54. The summed E-state index contributed by atoms with van der Waals surface area (Å²) in [6, 6.07) is 16.7. The van der Waals surface area contributed by atoms with E-state index in [0.29, 0.717) is 11.1 Å². The molecular weight excluding hydrogens is 366 g/mol. The maximum Gasteiger partial charge on any atom is 0.336 e. The predicted molar refractivity (Wildman–Crippen MR) is 112 cm³/mol. The van der Waals surface area contributed by atoms with Crippen LogP contribution in [-0.4, -0.2) is 30.9 Å². The molecule has 0 fully saturated rings. The van der Waals surface area contributed by atoms with Crippen LogP contribution in [0.15, 0.2) is 65.3 Å². The number of nitrogens with zero attached hydrogens (tertiary/aromatic N) is 1. The van der Waals surface area contributed by atoms with Crippen LogP contribution >= 0.6 is 0 Å². The van der Waals surface area contributed by atoms with Gasteiger partial charge in [0.15, 0.2) is 5.54 Å². The number of amides is 1. The van der Waals surface area contributed by atoms with E-state index in [1.54, 1.807) is 20.2 Å². The third-order valence-electron chi connectivity index (χ3n) is 5.28. The molecule has 0 saturated carbocycles. The van der Waals surface area contributed by atoms with Gasteiger partial charge < -0.3 is 14.1 Å². The monoisotopic (exact) mass is 391 g/mol. The normalized spacial score (nSPS) is 12.9. The van der Waals surface area contributed by atoms with Gasteiger partial charge in [-0.05, 0) is 50.6 Å². The number of hydrogen-bond donors (Lipinski definition) is 0. The molecule has 0 bridgehead atoms. The lowest BCUT2D eigenvalue weighted by atomic mass is 9.88. The lowest BCUT2D eigenvalue weighted by molar-refractivity contribution is -0.152. The molecule has 1 atom stereocenters. The minimum absolute atomic E-state index is 0.250. The van der Waals surface area contributed by atoms with Crippen molar-refractivity contribution >= 4 is 11.9 Å². The number of carbonyl (C=O) groups excluding carboxylic acids is 2. The highest BCUT2D eigenvalue weighted by Crippen LogP contribution is 2.32. The van der Waals surface area contributed by atoms with E-state index in [-0.39, 0.29) is 5.91 Å². The second kappa shape index (κ2) is 7.95. The number of hydrogen-bond acceptors (Lipinski definition) is 4. The molecule has 29 heavy (non-hydrogen) atoms. The Morgan fingerprint density at radius 2 is 1.62 bits per heavy atom. The Morgan fingerprint density at radius 1 is 1.00 bits per heavy atom. The second-order valence-corrected chi connectivity index (χ2v) is 7.36. The van der Waals surface area contributed by atoms with E-state index in [2.05, 4.69) is 0 Å². The molecule has 3 aromatic rings. The van der Waals surface area contributed by atoms with Gasteiger partial charge in [-0.2, -0.15) is 0 Å². The van der Waals surface area contributed by atoms with Crippen molar-refractivity contribution < 1.29 is 18.7 Å². The molecule has 1 amide bonds. The second-order valence-electron chi connectivity index (χ2n) is 7.36. The molecule has 1 aromatic heterocycles. The van der Waals surface area contributed by atoms with Crippen LogP contribution in [0, 0.1) is 13.8 Å². The SMILES string of the molecule is COC(=O)[C@@](C)(c1ccc(-c2ccco2)cc1)N(C)C(=O)c1cc(C)cc(C)c1. The van der Waals surface area contributed by atoms with Gasteiger partial charge in [0.25, 0.3) is 5.91 Å². The summed E-state index contributed by atoms with van der Waals surface area (Å²) in [5.41, 5.74) is 2.76. The van der Waals surface area contributed by atoms with Crippen LogP contribution in [0.5, 0.6) is 0 Å². The third kappa shape index (κ3) is 3.81. The molecule has 0 aliphatic carbocycles. The van der Waals surface area contributed by atoms with Crippen LogP contribution < -0.4 is 0 Å². The summed E-state index contributed by atoms with van der Waals surface area (Å²) in [5, 5.41) is 0. The molecule has 2 aromatic carbocycles. The van der Waals surface area contributed by atoms with Crippen LogP contribution in [0.2, 0.25) is 0 Å². The molecule has 1 heterocycles. The zero-order valence-corrected chi connectivity index (χ0v) is 17.4. The summed E-state index contributed by atoms with van der Waals surface area (Å²) >= 11 is 0. The number of esters is 1. The summed E-state index contributed by atoms with van der Waals surface area (Å²) in [6.07, 6.45) is 1.61. The van der Waals surface area contributed by atoms with Crippen LogP contribution in [0.1, 0.15) is 34.0 Å². The number of benzene rings is 2. The molecule has 0 aliphatic rings. The van der Waals surface area contributed by atoms with Crippen LogP contribution in [0.3, 0.4) is 0 Å². The van der Waals surface area contributed by atoms with E-state index in [9.17, 15) is 9.59 Å². The molecule has 0 unspecified atom stereocenters. The first-order valence-electron chi connectivity index (χ1n) is 9.36. The van der Waals surface area contributed by atoms with Crippen LogP contribution in [0.4, 0.5) is 0 Å². The molecule has 5 nitrogen and oxygen atoms in total. The Kier molecular flexibility index (Phi) is 5.59. The van der Waals surface area contributed by atoms with Gasteiger partial charge in [0, 0.05) is 18.2 Å². The van der Waals surface area contributed by atoms with E-state index >= 15 is 0 Å². The van der Waals surface area contributed by atoms with Crippen molar-refractivity contribution in [1.82, 2.24) is 4.90 Å². The fraction of sp³-hybridized carbons (Fsp3) is 0.250. The quantitative estimate of drug-likeness (QED) is 0.590. The van der Waals surface area contributed by atoms with Gasteiger partial charge in [0.2, 0.25) is 0 Å². The van der Waals surface area contributed by atoms with Gasteiger partial charge in [-0.1, -0.05) is 41.5 Å². The third-order valence-corrected chi connectivity index (χ3v) is 5.28. The van der Waals surface area contributed by atoms with Gasteiger partial charge in [-0.15, -0.1) is 0 Å². The molecule has 0 spiro atoms. The molecule has 0 N–H and O–H groups in total. The van der Waals surface area contributed by atoms with E-state index < -0.39 is 11.5 Å². The highest BCUT2D eigenvalue weighted by molar-refractivity contribution is 5.98. The number of carbonyl (C=O) groups is 2.